The van der Waals surface area contributed by atoms with Crippen molar-refractivity contribution in [3.63, 3.8) is 0 Å². The zero-order chi connectivity index (χ0) is 11.2. The zero-order valence-electron chi connectivity index (χ0n) is 9.62. The standard InChI is InChI=1S/C10H22FO2P/c1-5-8-9(4)10(6-2)13-14(11,12)7-3/h9-10H,5-8H2,1-4H3. The van der Waals surface area contributed by atoms with E-state index in [9.17, 15) is 8.76 Å². The first-order valence-corrected chi connectivity index (χ1v) is 7.14. The highest BCUT2D eigenvalue weighted by Gasteiger charge is 2.26. The van der Waals surface area contributed by atoms with Gasteiger partial charge in [0.05, 0.1) is 12.3 Å². The third kappa shape index (κ3) is 5.11. The molecular formula is C10H22FO2P. The van der Waals surface area contributed by atoms with Crippen LogP contribution in [0, 0.1) is 5.92 Å². The fourth-order valence-electron chi connectivity index (χ4n) is 1.50. The summed E-state index contributed by atoms with van der Waals surface area (Å²) in [6.07, 6.45) is 2.52. The van der Waals surface area contributed by atoms with Crippen LogP contribution in [0.1, 0.15) is 47.0 Å². The maximum atomic E-state index is 13.2. The van der Waals surface area contributed by atoms with Gasteiger partial charge in [-0.1, -0.05) is 34.1 Å². The van der Waals surface area contributed by atoms with Gasteiger partial charge >= 0.3 is 7.68 Å². The van der Waals surface area contributed by atoms with Crippen molar-refractivity contribution in [1.82, 2.24) is 0 Å². The molecule has 0 aromatic heterocycles. The smallest absolute Gasteiger partial charge is 0.302 e. The summed E-state index contributed by atoms with van der Waals surface area (Å²) < 4.78 is 29.4. The number of hydrogen-bond donors (Lipinski definition) is 0. The van der Waals surface area contributed by atoms with Crippen LogP contribution in [0.25, 0.3) is 0 Å². The van der Waals surface area contributed by atoms with Crippen molar-refractivity contribution in [1.29, 1.82) is 0 Å². The Hall–Kier alpha value is 0.120. The van der Waals surface area contributed by atoms with Gasteiger partial charge in [-0.25, -0.2) is 0 Å². The molecule has 0 N–H and O–H groups in total. The lowest BCUT2D eigenvalue weighted by molar-refractivity contribution is 0.125. The van der Waals surface area contributed by atoms with Gasteiger partial charge in [0.2, 0.25) is 0 Å². The molecule has 4 heteroatoms. The van der Waals surface area contributed by atoms with Gasteiger partial charge in [0.25, 0.3) is 0 Å². The van der Waals surface area contributed by atoms with Crippen molar-refractivity contribution >= 4 is 7.68 Å². The molecule has 2 nitrogen and oxygen atoms in total. The van der Waals surface area contributed by atoms with Gasteiger partial charge in [-0.15, -0.1) is 0 Å². The Balaban J connectivity index is 4.21. The summed E-state index contributed by atoms with van der Waals surface area (Å²) >= 11 is 0. The van der Waals surface area contributed by atoms with E-state index in [2.05, 4.69) is 6.92 Å². The second kappa shape index (κ2) is 6.58. The third-order valence-electron chi connectivity index (χ3n) is 2.45. The summed E-state index contributed by atoms with van der Waals surface area (Å²) in [4.78, 5) is 0. The highest BCUT2D eigenvalue weighted by atomic mass is 31.2. The maximum Gasteiger partial charge on any atom is 0.367 e. The minimum atomic E-state index is -3.82. The van der Waals surface area contributed by atoms with Crippen molar-refractivity contribution in [3.8, 4) is 0 Å². The van der Waals surface area contributed by atoms with Crippen LogP contribution in [-0.2, 0) is 9.09 Å². The van der Waals surface area contributed by atoms with Crippen molar-refractivity contribution in [2.75, 3.05) is 6.16 Å². The van der Waals surface area contributed by atoms with Crippen LogP contribution in [0.3, 0.4) is 0 Å². The third-order valence-corrected chi connectivity index (χ3v) is 3.79. The predicted molar refractivity (Wildman–Crippen MR) is 58.5 cm³/mol. The van der Waals surface area contributed by atoms with Gasteiger partial charge in [-0.2, -0.15) is 4.20 Å². The first-order valence-electron chi connectivity index (χ1n) is 5.43. The number of hydrogen-bond acceptors (Lipinski definition) is 2. The molecule has 0 spiro atoms. The quantitative estimate of drug-likeness (QED) is 0.599. The van der Waals surface area contributed by atoms with Gasteiger partial charge in [0, 0.05) is 0 Å². The summed E-state index contributed by atoms with van der Waals surface area (Å²) in [5.74, 6) is 0.278. The molecule has 0 radical (unpaired) electrons. The normalized spacial score (nSPS) is 20.1. The van der Waals surface area contributed by atoms with E-state index in [-0.39, 0.29) is 18.2 Å². The van der Waals surface area contributed by atoms with Gasteiger partial charge < -0.3 is 4.52 Å². The highest BCUT2D eigenvalue weighted by Crippen LogP contribution is 2.50. The van der Waals surface area contributed by atoms with E-state index >= 15 is 0 Å². The van der Waals surface area contributed by atoms with Crippen LogP contribution in [0.4, 0.5) is 4.20 Å². The molecule has 0 bridgehead atoms. The molecule has 0 rings (SSSR count). The van der Waals surface area contributed by atoms with E-state index in [1.807, 2.05) is 13.8 Å². The maximum absolute atomic E-state index is 13.2. The molecule has 0 fully saturated rings. The predicted octanol–water partition coefficient (Wildman–Crippen LogP) is 4.40. The minimum absolute atomic E-state index is 0.0255. The van der Waals surface area contributed by atoms with Crippen molar-refractivity contribution < 1.29 is 13.3 Å². The lowest BCUT2D eigenvalue weighted by Gasteiger charge is -2.23. The average Bonchev–Trinajstić information content (AvgIpc) is 2.14. The Labute approximate surface area is 86.8 Å². The van der Waals surface area contributed by atoms with E-state index in [0.717, 1.165) is 19.3 Å². The molecule has 0 saturated carbocycles. The van der Waals surface area contributed by atoms with Crippen LogP contribution in [0.15, 0.2) is 0 Å². The second-order valence-corrected chi connectivity index (χ2v) is 5.75. The van der Waals surface area contributed by atoms with Crippen LogP contribution >= 0.6 is 7.68 Å². The summed E-state index contributed by atoms with van der Waals surface area (Å²) in [5.41, 5.74) is 0. The molecule has 0 aromatic carbocycles. The molecule has 0 heterocycles. The number of halogens is 1. The lowest BCUT2D eigenvalue weighted by Crippen LogP contribution is -2.19. The Morgan fingerprint density at radius 3 is 2.29 bits per heavy atom. The average molecular weight is 224 g/mol. The molecular weight excluding hydrogens is 202 g/mol. The fraction of sp³-hybridized carbons (Fsp3) is 1.00. The van der Waals surface area contributed by atoms with E-state index in [1.54, 1.807) is 6.92 Å². The van der Waals surface area contributed by atoms with Gasteiger partial charge in [-0.3, -0.25) is 4.57 Å². The van der Waals surface area contributed by atoms with E-state index in [1.165, 1.54) is 0 Å². The second-order valence-electron chi connectivity index (χ2n) is 3.72. The monoisotopic (exact) mass is 224 g/mol. The first-order chi connectivity index (χ1) is 6.46. The topological polar surface area (TPSA) is 26.3 Å². The fourth-order valence-corrected chi connectivity index (χ4v) is 2.41. The first kappa shape index (κ1) is 14.1. The Morgan fingerprint density at radius 1 is 1.36 bits per heavy atom. The van der Waals surface area contributed by atoms with E-state index in [4.69, 9.17) is 4.52 Å². The van der Waals surface area contributed by atoms with E-state index < -0.39 is 7.68 Å². The summed E-state index contributed by atoms with van der Waals surface area (Å²) in [5, 5.41) is 0. The molecule has 86 valence electrons. The molecule has 3 unspecified atom stereocenters. The van der Waals surface area contributed by atoms with Gasteiger partial charge in [-0.05, 0) is 18.8 Å². The molecule has 0 aliphatic rings. The molecule has 3 atom stereocenters. The van der Waals surface area contributed by atoms with Crippen LogP contribution in [0.2, 0.25) is 0 Å². The largest absolute Gasteiger partial charge is 0.367 e. The Bertz CT molecular complexity index is 197. The Kier molecular flexibility index (Phi) is 6.63. The zero-order valence-corrected chi connectivity index (χ0v) is 10.5. The van der Waals surface area contributed by atoms with Gasteiger partial charge in [0.1, 0.15) is 0 Å². The van der Waals surface area contributed by atoms with Crippen molar-refractivity contribution in [2.45, 2.75) is 53.1 Å². The molecule has 0 aromatic rings. The van der Waals surface area contributed by atoms with E-state index in [0.29, 0.717) is 0 Å². The molecule has 0 amide bonds. The summed E-state index contributed by atoms with van der Waals surface area (Å²) in [6, 6.07) is 0. The molecule has 0 aliphatic carbocycles. The number of rotatable bonds is 7. The van der Waals surface area contributed by atoms with Gasteiger partial charge in [0.15, 0.2) is 0 Å². The molecule has 14 heavy (non-hydrogen) atoms. The van der Waals surface area contributed by atoms with Crippen molar-refractivity contribution in [2.24, 2.45) is 5.92 Å². The SMILES string of the molecule is CCCC(C)C(CC)OP(=O)(F)CC. The minimum Gasteiger partial charge on any atom is -0.302 e. The lowest BCUT2D eigenvalue weighted by atomic mass is 9.98. The van der Waals surface area contributed by atoms with Crippen molar-refractivity contribution in [3.05, 3.63) is 0 Å². The van der Waals surface area contributed by atoms with Crippen LogP contribution in [-0.4, -0.2) is 12.3 Å². The highest BCUT2D eigenvalue weighted by molar-refractivity contribution is 7.53. The molecule has 0 aliphatic heterocycles. The van der Waals surface area contributed by atoms with Crippen LogP contribution in [0.5, 0.6) is 0 Å². The van der Waals surface area contributed by atoms with Crippen LogP contribution < -0.4 is 0 Å². The Morgan fingerprint density at radius 2 is 1.93 bits per heavy atom. The summed E-state index contributed by atoms with van der Waals surface area (Å²) in [7, 11) is -3.82. The molecule has 0 saturated heterocycles. The summed E-state index contributed by atoms with van der Waals surface area (Å²) in [6.45, 7) is 7.59.